The first-order valence-corrected chi connectivity index (χ1v) is 6.87. The third-order valence-electron chi connectivity index (χ3n) is 4.07. The summed E-state index contributed by atoms with van der Waals surface area (Å²) in [5, 5.41) is 0. The van der Waals surface area contributed by atoms with Crippen molar-refractivity contribution in [1.82, 2.24) is 9.80 Å². The van der Waals surface area contributed by atoms with Gasteiger partial charge >= 0.3 is 0 Å². The Morgan fingerprint density at radius 2 is 2.24 bits per heavy atom. The summed E-state index contributed by atoms with van der Waals surface area (Å²) < 4.78 is 0. The largest absolute Gasteiger partial charge is 0.337 e. The number of carbonyl (C=O) groups excluding carboxylic acids is 1. The Bertz CT molecular complexity index is 280. The van der Waals surface area contributed by atoms with Crippen LogP contribution < -0.4 is 5.73 Å². The Morgan fingerprint density at radius 1 is 1.47 bits per heavy atom. The van der Waals surface area contributed by atoms with Crippen LogP contribution >= 0.6 is 0 Å². The van der Waals surface area contributed by atoms with E-state index in [1.165, 1.54) is 19.4 Å². The molecular weight excluding hydrogens is 214 g/mol. The van der Waals surface area contributed by atoms with Crippen molar-refractivity contribution in [2.45, 2.75) is 57.7 Å². The first-order valence-electron chi connectivity index (χ1n) is 6.87. The van der Waals surface area contributed by atoms with Crippen LogP contribution in [0.5, 0.6) is 0 Å². The average molecular weight is 239 g/mol. The smallest absolute Gasteiger partial charge is 0.222 e. The number of amides is 1. The summed E-state index contributed by atoms with van der Waals surface area (Å²) in [6, 6.07) is 1.11. The fraction of sp³-hybridized carbons (Fsp3) is 0.923. The molecular formula is C13H25N3O. The number of hydrogen-bond donors (Lipinski definition) is 1. The lowest BCUT2D eigenvalue weighted by molar-refractivity contribution is -0.136. The molecule has 0 radical (unpaired) electrons. The SMILES string of the molecule is CC(N)CCC(=O)N1CC2CCCN2CC1C. The molecule has 0 aromatic heterocycles. The van der Waals surface area contributed by atoms with Gasteiger partial charge in [-0.25, -0.2) is 0 Å². The van der Waals surface area contributed by atoms with Crippen LogP contribution in [0.3, 0.4) is 0 Å². The zero-order valence-corrected chi connectivity index (χ0v) is 11.1. The van der Waals surface area contributed by atoms with E-state index in [9.17, 15) is 4.79 Å². The van der Waals surface area contributed by atoms with Crippen LogP contribution in [0, 0.1) is 0 Å². The van der Waals surface area contributed by atoms with E-state index in [-0.39, 0.29) is 6.04 Å². The molecule has 2 fully saturated rings. The van der Waals surface area contributed by atoms with Crippen molar-refractivity contribution in [2.75, 3.05) is 19.6 Å². The Hall–Kier alpha value is -0.610. The number of nitrogens with zero attached hydrogens (tertiary/aromatic N) is 2. The average Bonchev–Trinajstić information content (AvgIpc) is 2.71. The molecule has 0 aromatic rings. The highest BCUT2D eigenvalue weighted by Gasteiger charge is 2.36. The van der Waals surface area contributed by atoms with Gasteiger partial charge in [0.05, 0.1) is 0 Å². The van der Waals surface area contributed by atoms with Crippen molar-refractivity contribution in [3.63, 3.8) is 0 Å². The van der Waals surface area contributed by atoms with Crippen LogP contribution in [0.25, 0.3) is 0 Å². The Labute approximate surface area is 104 Å². The molecule has 2 rings (SSSR count). The minimum atomic E-state index is 0.127. The summed E-state index contributed by atoms with van der Waals surface area (Å²) in [6.45, 7) is 7.33. The fourth-order valence-electron chi connectivity index (χ4n) is 3.03. The molecule has 2 aliphatic rings. The van der Waals surface area contributed by atoms with Crippen molar-refractivity contribution in [2.24, 2.45) is 5.73 Å². The highest BCUT2D eigenvalue weighted by molar-refractivity contribution is 5.76. The van der Waals surface area contributed by atoms with Crippen LogP contribution in [0.2, 0.25) is 0 Å². The number of carbonyl (C=O) groups is 1. The molecule has 0 spiro atoms. The van der Waals surface area contributed by atoms with Gasteiger partial charge in [0.1, 0.15) is 0 Å². The topological polar surface area (TPSA) is 49.6 Å². The summed E-state index contributed by atoms with van der Waals surface area (Å²) in [5.74, 6) is 0.293. The van der Waals surface area contributed by atoms with Gasteiger partial charge in [-0.15, -0.1) is 0 Å². The zero-order valence-electron chi connectivity index (χ0n) is 11.1. The molecule has 0 saturated carbocycles. The molecule has 98 valence electrons. The minimum absolute atomic E-state index is 0.127. The number of fused-ring (bicyclic) bond motifs is 1. The maximum atomic E-state index is 12.2. The molecule has 4 nitrogen and oxygen atoms in total. The Morgan fingerprint density at radius 3 is 2.94 bits per heavy atom. The van der Waals surface area contributed by atoms with E-state index in [0.29, 0.717) is 24.4 Å². The molecule has 0 aliphatic carbocycles. The van der Waals surface area contributed by atoms with Crippen LogP contribution in [-0.4, -0.2) is 53.5 Å². The van der Waals surface area contributed by atoms with Gasteiger partial charge in [0.15, 0.2) is 0 Å². The molecule has 2 aliphatic heterocycles. The van der Waals surface area contributed by atoms with E-state index in [2.05, 4.69) is 16.7 Å². The van der Waals surface area contributed by atoms with Gasteiger partial charge in [-0.05, 0) is 39.7 Å². The van der Waals surface area contributed by atoms with Gasteiger partial charge in [-0.2, -0.15) is 0 Å². The van der Waals surface area contributed by atoms with E-state index in [1.54, 1.807) is 0 Å². The predicted octanol–water partition coefficient (Wildman–Crippen LogP) is 0.809. The summed E-state index contributed by atoms with van der Waals surface area (Å²) in [5.41, 5.74) is 5.71. The number of hydrogen-bond acceptors (Lipinski definition) is 3. The van der Waals surface area contributed by atoms with Crippen molar-refractivity contribution < 1.29 is 4.79 Å². The number of nitrogens with two attached hydrogens (primary N) is 1. The molecule has 3 atom stereocenters. The standard InChI is InChI=1S/C13H25N3O/c1-10(14)5-6-13(17)16-9-12-4-3-7-15(12)8-11(16)2/h10-12H,3-9,14H2,1-2H3. The van der Waals surface area contributed by atoms with Gasteiger partial charge in [0.25, 0.3) is 0 Å². The van der Waals surface area contributed by atoms with E-state index >= 15 is 0 Å². The van der Waals surface area contributed by atoms with E-state index < -0.39 is 0 Å². The third-order valence-corrected chi connectivity index (χ3v) is 4.07. The maximum Gasteiger partial charge on any atom is 0.222 e. The molecule has 0 bridgehead atoms. The monoisotopic (exact) mass is 239 g/mol. The fourth-order valence-corrected chi connectivity index (χ4v) is 3.03. The number of piperazine rings is 1. The second-order valence-electron chi connectivity index (χ2n) is 5.70. The normalized spacial score (nSPS) is 31.4. The lowest BCUT2D eigenvalue weighted by Crippen LogP contribution is -2.56. The second-order valence-corrected chi connectivity index (χ2v) is 5.70. The van der Waals surface area contributed by atoms with Gasteiger partial charge < -0.3 is 10.6 Å². The lowest BCUT2D eigenvalue weighted by atomic mass is 10.1. The summed E-state index contributed by atoms with van der Waals surface area (Å²) in [7, 11) is 0. The van der Waals surface area contributed by atoms with Crippen molar-refractivity contribution in [3.8, 4) is 0 Å². The lowest BCUT2D eigenvalue weighted by Gasteiger charge is -2.42. The molecule has 17 heavy (non-hydrogen) atoms. The van der Waals surface area contributed by atoms with Gasteiger partial charge in [-0.1, -0.05) is 0 Å². The van der Waals surface area contributed by atoms with Gasteiger partial charge in [0.2, 0.25) is 5.91 Å². The summed E-state index contributed by atoms with van der Waals surface area (Å²) in [4.78, 5) is 16.8. The second kappa shape index (κ2) is 5.36. The van der Waals surface area contributed by atoms with Crippen LogP contribution in [0.4, 0.5) is 0 Å². The third kappa shape index (κ3) is 2.99. The first kappa shape index (κ1) is 12.8. The van der Waals surface area contributed by atoms with E-state index in [1.807, 2.05) is 6.92 Å². The molecule has 4 heteroatoms. The van der Waals surface area contributed by atoms with Crippen LogP contribution in [0.1, 0.15) is 39.5 Å². The van der Waals surface area contributed by atoms with Gasteiger partial charge in [0, 0.05) is 37.6 Å². The Balaban J connectivity index is 1.89. The highest BCUT2D eigenvalue weighted by atomic mass is 16.2. The molecule has 3 unspecified atom stereocenters. The predicted molar refractivity (Wildman–Crippen MR) is 68.7 cm³/mol. The zero-order chi connectivity index (χ0) is 12.4. The first-order chi connectivity index (χ1) is 8.08. The quantitative estimate of drug-likeness (QED) is 0.793. The van der Waals surface area contributed by atoms with Crippen LogP contribution in [0.15, 0.2) is 0 Å². The molecule has 2 saturated heterocycles. The van der Waals surface area contributed by atoms with Crippen LogP contribution in [-0.2, 0) is 4.79 Å². The highest BCUT2D eigenvalue weighted by Crippen LogP contribution is 2.25. The maximum absolute atomic E-state index is 12.2. The van der Waals surface area contributed by atoms with E-state index in [0.717, 1.165) is 19.5 Å². The molecule has 2 heterocycles. The molecule has 1 amide bonds. The summed E-state index contributed by atoms with van der Waals surface area (Å²) in [6.07, 6.45) is 3.95. The molecule has 0 aromatic carbocycles. The minimum Gasteiger partial charge on any atom is -0.337 e. The van der Waals surface area contributed by atoms with E-state index in [4.69, 9.17) is 5.73 Å². The molecule has 2 N–H and O–H groups in total. The number of rotatable bonds is 3. The Kier molecular flexibility index (Phi) is 4.05. The van der Waals surface area contributed by atoms with Crippen molar-refractivity contribution in [1.29, 1.82) is 0 Å². The van der Waals surface area contributed by atoms with Crippen molar-refractivity contribution in [3.05, 3.63) is 0 Å². The summed E-state index contributed by atoms with van der Waals surface area (Å²) >= 11 is 0. The van der Waals surface area contributed by atoms with Crippen molar-refractivity contribution >= 4 is 5.91 Å². The van der Waals surface area contributed by atoms with Gasteiger partial charge in [-0.3, -0.25) is 9.69 Å².